The van der Waals surface area contributed by atoms with Crippen molar-refractivity contribution >= 4 is 27.5 Å². The molecule has 0 fully saturated rings. The van der Waals surface area contributed by atoms with Crippen LogP contribution in [0, 0.1) is 0 Å². The molecule has 0 aliphatic heterocycles. The molecule has 82 valence electrons. The Labute approximate surface area is 102 Å². The van der Waals surface area contributed by atoms with Crippen LogP contribution in [0.1, 0.15) is 10.4 Å². The standard InChI is InChI=1S/C12H10BrNO2/c1-2-14-7-6-11(15)12(16)9-4-3-5-10(13)8-9/h2-8,14H,1H2/b7-6+. The fraction of sp³-hybridized carbons (Fsp3) is 0. The minimum absolute atomic E-state index is 0.364. The van der Waals surface area contributed by atoms with Crippen molar-refractivity contribution in [1.82, 2.24) is 5.32 Å². The minimum atomic E-state index is -0.576. The Morgan fingerprint density at radius 3 is 2.75 bits per heavy atom. The van der Waals surface area contributed by atoms with Gasteiger partial charge in [0.1, 0.15) is 0 Å². The van der Waals surface area contributed by atoms with Gasteiger partial charge >= 0.3 is 0 Å². The average Bonchev–Trinajstić information content (AvgIpc) is 2.28. The van der Waals surface area contributed by atoms with Crippen molar-refractivity contribution in [3.8, 4) is 0 Å². The third-order valence-corrected chi connectivity index (χ3v) is 2.25. The van der Waals surface area contributed by atoms with E-state index in [1.165, 1.54) is 18.5 Å². The Hall–Kier alpha value is -1.68. The maximum Gasteiger partial charge on any atom is 0.232 e. The molecule has 0 heterocycles. The van der Waals surface area contributed by atoms with Crippen molar-refractivity contribution in [2.45, 2.75) is 0 Å². The quantitative estimate of drug-likeness (QED) is 0.512. The first-order chi connectivity index (χ1) is 7.65. The van der Waals surface area contributed by atoms with E-state index in [4.69, 9.17) is 0 Å². The summed E-state index contributed by atoms with van der Waals surface area (Å²) in [4.78, 5) is 23.0. The summed E-state index contributed by atoms with van der Waals surface area (Å²) < 4.78 is 0.763. The van der Waals surface area contributed by atoms with E-state index in [0.717, 1.165) is 4.47 Å². The highest BCUT2D eigenvalue weighted by molar-refractivity contribution is 9.10. The highest BCUT2D eigenvalue weighted by Crippen LogP contribution is 2.12. The molecule has 0 spiro atoms. The summed E-state index contributed by atoms with van der Waals surface area (Å²) >= 11 is 3.24. The van der Waals surface area contributed by atoms with Crippen LogP contribution in [0.4, 0.5) is 0 Å². The fourth-order valence-electron chi connectivity index (χ4n) is 1.04. The monoisotopic (exact) mass is 279 g/mol. The number of halogens is 1. The van der Waals surface area contributed by atoms with Gasteiger partial charge in [-0.1, -0.05) is 34.6 Å². The van der Waals surface area contributed by atoms with E-state index in [-0.39, 0.29) is 0 Å². The van der Waals surface area contributed by atoms with Crippen molar-refractivity contribution in [2.24, 2.45) is 0 Å². The number of carbonyl (C=O) groups excluding carboxylic acids is 2. The van der Waals surface area contributed by atoms with Crippen LogP contribution in [0.15, 0.2) is 53.8 Å². The van der Waals surface area contributed by atoms with Gasteiger partial charge in [0.05, 0.1) is 0 Å². The molecule has 0 unspecified atom stereocenters. The molecule has 1 N–H and O–H groups in total. The normalized spacial score (nSPS) is 10.1. The largest absolute Gasteiger partial charge is 0.368 e. The third kappa shape index (κ3) is 3.47. The van der Waals surface area contributed by atoms with Crippen LogP contribution >= 0.6 is 15.9 Å². The van der Waals surface area contributed by atoms with Gasteiger partial charge in [-0.3, -0.25) is 9.59 Å². The molecule has 0 bridgehead atoms. The number of nitrogens with one attached hydrogen (secondary N) is 1. The molecule has 3 nitrogen and oxygen atoms in total. The summed E-state index contributed by atoms with van der Waals surface area (Å²) in [5, 5.41) is 2.60. The number of rotatable bonds is 5. The molecule has 0 aliphatic carbocycles. The van der Waals surface area contributed by atoms with Crippen LogP contribution in [-0.2, 0) is 4.79 Å². The highest BCUT2D eigenvalue weighted by Gasteiger charge is 2.12. The number of benzene rings is 1. The van der Waals surface area contributed by atoms with E-state index < -0.39 is 11.6 Å². The summed E-state index contributed by atoms with van der Waals surface area (Å²) in [6, 6.07) is 6.70. The molecular weight excluding hydrogens is 270 g/mol. The summed E-state index contributed by atoms with van der Waals surface area (Å²) in [6.45, 7) is 3.41. The molecule has 0 atom stereocenters. The van der Waals surface area contributed by atoms with Crippen molar-refractivity contribution < 1.29 is 9.59 Å². The van der Waals surface area contributed by atoms with E-state index >= 15 is 0 Å². The Balaban J connectivity index is 2.78. The minimum Gasteiger partial charge on any atom is -0.368 e. The van der Waals surface area contributed by atoms with Crippen LogP contribution < -0.4 is 5.32 Å². The van der Waals surface area contributed by atoms with Gasteiger partial charge in [-0.2, -0.15) is 0 Å². The molecule has 0 aliphatic rings. The van der Waals surface area contributed by atoms with Gasteiger partial charge in [-0.15, -0.1) is 0 Å². The first kappa shape index (κ1) is 12.4. The fourth-order valence-corrected chi connectivity index (χ4v) is 1.44. The Bertz CT molecular complexity index is 452. The number of Topliss-reactive ketones (excluding diaryl/α,β-unsaturated/α-hetero) is 1. The molecular formula is C12H10BrNO2. The Kier molecular flexibility index (Phi) is 4.66. The zero-order valence-corrected chi connectivity index (χ0v) is 10.0. The predicted molar refractivity (Wildman–Crippen MR) is 66.0 cm³/mol. The topological polar surface area (TPSA) is 46.2 Å². The second kappa shape index (κ2) is 6.02. The molecule has 0 aromatic heterocycles. The summed E-state index contributed by atoms with van der Waals surface area (Å²) in [7, 11) is 0. The van der Waals surface area contributed by atoms with Crippen LogP contribution in [0.2, 0.25) is 0 Å². The van der Waals surface area contributed by atoms with Crippen LogP contribution in [0.5, 0.6) is 0 Å². The van der Waals surface area contributed by atoms with E-state index in [1.54, 1.807) is 24.3 Å². The maximum absolute atomic E-state index is 11.6. The lowest BCUT2D eigenvalue weighted by molar-refractivity contribution is -0.110. The second-order valence-corrected chi connectivity index (χ2v) is 3.82. The summed E-state index contributed by atoms with van der Waals surface area (Å²) in [5.41, 5.74) is 0.364. The van der Waals surface area contributed by atoms with Gasteiger partial charge in [0.2, 0.25) is 11.6 Å². The second-order valence-electron chi connectivity index (χ2n) is 2.91. The number of hydrogen-bond donors (Lipinski definition) is 1. The van der Waals surface area contributed by atoms with E-state index in [1.807, 2.05) is 0 Å². The van der Waals surface area contributed by atoms with Crippen molar-refractivity contribution in [3.63, 3.8) is 0 Å². The van der Waals surface area contributed by atoms with Gasteiger partial charge in [-0.25, -0.2) is 0 Å². The number of carbonyl (C=O) groups is 2. The van der Waals surface area contributed by atoms with Crippen LogP contribution in [0.25, 0.3) is 0 Å². The Morgan fingerprint density at radius 2 is 2.12 bits per heavy atom. The summed E-state index contributed by atoms with van der Waals surface area (Å²) in [5.74, 6) is -1.11. The zero-order chi connectivity index (χ0) is 12.0. The van der Waals surface area contributed by atoms with E-state index in [9.17, 15) is 9.59 Å². The molecule has 0 amide bonds. The van der Waals surface area contributed by atoms with Gasteiger partial charge in [0.25, 0.3) is 0 Å². The van der Waals surface area contributed by atoms with Crippen molar-refractivity contribution in [2.75, 3.05) is 0 Å². The molecule has 1 aromatic carbocycles. The van der Waals surface area contributed by atoms with E-state index in [0.29, 0.717) is 5.56 Å². The highest BCUT2D eigenvalue weighted by atomic mass is 79.9. The predicted octanol–water partition coefficient (Wildman–Crippen LogP) is 2.45. The zero-order valence-electron chi connectivity index (χ0n) is 8.44. The average molecular weight is 280 g/mol. The maximum atomic E-state index is 11.6. The lowest BCUT2D eigenvalue weighted by Crippen LogP contribution is -2.12. The molecule has 0 saturated heterocycles. The smallest absolute Gasteiger partial charge is 0.232 e. The first-order valence-corrected chi connectivity index (χ1v) is 5.32. The first-order valence-electron chi connectivity index (χ1n) is 4.53. The summed E-state index contributed by atoms with van der Waals surface area (Å²) in [6.07, 6.45) is 3.95. The number of allylic oxidation sites excluding steroid dienone is 1. The molecule has 1 rings (SSSR count). The molecule has 1 aromatic rings. The lowest BCUT2D eigenvalue weighted by atomic mass is 10.1. The van der Waals surface area contributed by atoms with Crippen LogP contribution in [0.3, 0.4) is 0 Å². The van der Waals surface area contributed by atoms with Crippen LogP contribution in [-0.4, -0.2) is 11.6 Å². The van der Waals surface area contributed by atoms with Gasteiger partial charge < -0.3 is 5.32 Å². The van der Waals surface area contributed by atoms with Gasteiger partial charge in [-0.05, 0) is 18.3 Å². The number of hydrogen-bond acceptors (Lipinski definition) is 3. The third-order valence-electron chi connectivity index (χ3n) is 1.76. The molecule has 4 heteroatoms. The lowest BCUT2D eigenvalue weighted by Gasteiger charge is -1.97. The SMILES string of the molecule is C=CN/C=C/C(=O)C(=O)c1cccc(Br)c1. The number of ketones is 2. The molecule has 16 heavy (non-hydrogen) atoms. The molecule has 0 saturated carbocycles. The van der Waals surface area contributed by atoms with Crippen molar-refractivity contribution in [3.05, 3.63) is 59.4 Å². The van der Waals surface area contributed by atoms with Gasteiger partial charge in [0, 0.05) is 22.3 Å². The van der Waals surface area contributed by atoms with Gasteiger partial charge in [0.15, 0.2) is 0 Å². The Morgan fingerprint density at radius 1 is 1.38 bits per heavy atom. The molecule has 0 radical (unpaired) electrons. The van der Waals surface area contributed by atoms with E-state index in [2.05, 4.69) is 27.8 Å². The van der Waals surface area contributed by atoms with Crippen molar-refractivity contribution in [1.29, 1.82) is 0 Å².